The Kier molecular flexibility index (Phi) is 3.89. The molecule has 1 aromatic rings. The number of methoxy groups -OCH3 is 1. The van der Waals surface area contributed by atoms with Crippen molar-refractivity contribution in [3.05, 3.63) is 11.6 Å². The van der Waals surface area contributed by atoms with Gasteiger partial charge in [-0.15, -0.1) is 10.2 Å². The SMILES string of the molecule is COC(C)c1nnc(CBr)n1C(C)(C)C. The van der Waals surface area contributed by atoms with Crippen LogP contribution in [-0.2, 0) is 15.6 Å². The summed E-state index contributed by atoms with van der Waals surface area (Å²) in [6, 6.07) is 0. The van der Waals surface area contributed by atoms with Gasteiger partial charge in [-0.05, 0) is 27.7 Å². The first kappa shape index (κ1) is 12.6. The van der Waals surface area contributed by atoms with Crippen LogP contribution >= 0.6 is 15.9 Å². The molecule has 0 amide bonds. The minimum Gasteiger partial charge on any atom is -0.374 e. The highest BCUT2D eigenvalue weighted by Gasteiger charge is 2.25. The van der Waals surface area contributed by atoms with E-state index in [0.29, 0.717) is 5.33 Å². The van der Waals surface area contributed by atoms with E-state index in [0.717, 1.165) is 11.6 Å². The second kappa shape index (κ2) is 4.61. The summed E-state index contributed by atoms with van der Waals surface area (Å²) in [5.74, 6) is 1.81. The summed E-state index contributed by atoms with van der Waals surface area (Å²) in [5, 5.41) is 9.04. The number of ether oxygens (including phenoxy) is 1. The third kappa shape index (κ3) is 2.58. The second-order valence-corrected chi connectivity index (χ2v) is 5.05. The first-order chi connectivity index (χ1) is 6.91. The van der Waals surface area contributed by atoms with Gasteiger partial charge in [0, 0.05) is 12.6 Å². The Bertz CT molecular complexity index is 330. The molecule has 0 aliphatic carbocycles. The van der Waals surface area contributed by atoms with Gasteiger partial charge in [0.15, 0.2) is 5.82 Å². The van der Waals surface area contributed by atoms with Gasteiger partial charge < -0.3 is 9.30 Å². The smallest absolute Gasteiger partial charge is 0.162 e. The molecule has 4 nitrogen and oxygen atoms in total. The maximum Gasteiger partial charge on any atom is 0.162 e. The van der Waals surface area contributed by atoms with Crippen LogP contribution in [0.15, 0.2) is 0 Å². The lowest BCUT2D eigenvalue weighted by molar-refractivity contribution is 0.104. The summed E-state index contributed by atoms with van der Waals surface area (Å²) in [4.78, 5) is 0. The van der Waals surface area contributed by atoms with Crippen LogP contribution < -0.4 is 0 Å². The van der Waals surface area contributed by atoms with E-state index in [1.807, 2.05) is 6.92 Å². The number of hydrogen-bond donors (Lipinski definition) is 0. The predicted octanol–water partition coefficient (Wildman–Crippen LogP) is 2.64. The van der Waals surface area contributed by atoms with Gasteiger partial charge in [-0.3, -0.25) is 0 Å². The molecule has 1 rings (SSSR count). The summed E-state index contributed by atoms with van der Waals surface area (Å²) < 4.78 is 7.41. The number of nitrogens with zero attached hydrogens (tertiary/aromatic N) is 3. The van der Waals surface area contributed by atoms with Crippen molar-refractivity contribution in [1.82, 2.24) is 14.8 Å². The molecule has 86 valence electrons. The number of halogens is 1. The molecule has 1 atom stereocenters. The molecule has 0 saturated heterocycles. The third-order valence-electron chi connectivity index (χ3n) is 2.26. The van der Waals surface area contributed by atoms with Gasteiger partial charge in [0.25, 0.3) is 0 Å². The zero-order chi connectivity index (χ0) is 11.6. The molecule has 0 saturated carbocycles. The van der Waals surface area contributed by atoms with E-state index in [1.165, 1.54) is 0 Å². The Morgan fingerprint density at radius 2 is 2.00 bits per heavy atom. The molecule has 1 aromatic heterocycles. The third-order valence-corrected chi connectivity index (χ3v) is 2.76. The number of hydrogen-bond acceptors (Lipinski definition) is 3. The zero-order valence-electron chi connectivity index (χ0n) is 9.91. The van der Waals surface area contributed by atoms with Crippen LogP contribution in [0.4, 0.5) is 0 Å². The molecular weight excluding hydrogens is 258 g/mol. The van der Waals surface area contributed by atoms with Crippen molar-refractivity contribution in [2.24, 2.45) is 0 Å². The summed E-state index contributed by atoms with van der Waals surface area (Å²) >= 11 is 3.42. The number of rotatable bonds is 3. The van der Waals surface area contributed by atoms with Crippen molar-refractivity contribution >= 4 is 15.9 Å². The van der Waals surface area contributed by atoms with Crippen LogP contribution in [0.5, 0.6) is 0 Å². The van der Waals surface area contributed by atoms with Gasteiger partial charge in [0.2, 0.25) is 0 Å². The molecule has 0 spiro atoms. The predicted molar refractivity (Wildman–Crippen MR) is 63.1 cm³/mol. The Morgan fingerprint density at radius 1 is 1.40 bits per heavy atom. The Labute approximate surface area is 99.2 Å². The highest BCUT2D eigenvalue weighted by molar-refractivity contribution is 9.08. The normalized spacial score (nSPS) is 14.3. The highest BCUT2D eigenvalue weighted by atomic mass is 79.9. The Balaban J connectivity index is 3.23. The molecule has 15 heavy (non-hydrogen) atoms. The molecule has 5 heteroatoms. The largest absolute Gasteiger partial charge is 0.374 e. The molecular formula is C10H18BrN3O. The first-order valence-corrected chi connectivity index (χ1v) is 6.07. The number of alkyl halides is 1. The minimum atomic E-state index is -0.0375. The van der Waals surface area contributed by atoms with Crippen molar-refractivity contribution in [3.63, 3.8) is 0 Å². The molecule has 0 aromatic carbocycles. The van der Waals surface area contributed by atoms with Crippen LogP contribution in [0.25, 0.3) is 0 Å². The molecule has 0 aliphatic heterocycles. The zero-order valence-corrected chi connectivity index (χ0v) is 11.5. The van der Waals surface area contributed by atoms with E-state index in [1.54, 1.807) is 7.11 Å². The molecule has 0 fully saturated rings. The standard InChI is InChI=1S/C10H18BrN3O/c1-7(15-5)9-13-12-8(6-11)14(9)10(2,3)4/h7H,6H2,1-5H3. The number of aromatic nitrogens is 3. The van der Waals surface area contributed by atoms with E-state index in [9.17, 15) is 0 Å². The van der Waals surface area contributed by atoms with Crippen molar-refractivity contribution < 1.29 is 4.74 Å². The van der Waals surface area contributed by atoms with Gasteiger partial charge in [-0.2, -0.15) is 0 Å². The fourth-order valence-electron chi connectivity index (χ4n) is 1.52. The summed E-state index contributed by atoms with van der Waals surface area (Å²) in [7, 11) is 1.68. The van der Waals surface area contributed by atoms with E-state index < -0.39 is 0 Å². The lowest BCUT2D eigenvalue weighted by Crippen LogP contribution is -2.27. The lowest BCUT2D eigenvalue weighted by atomic mass is 10.1. The monoisotopic (exact) mass is 275 g/mol. The summed E-state index contributed by atoms with van der Waals surface area (Å²) in [6.45, 7) is 8.38. The van der Waals surface area contributed by atoms with Gasteiger partial charge in [0.05, 0.1) is 5.33 Å². The average Bonchev–Trinajstić information content (AvgIpc) is 2.59. The summed E-state index contributed by atoms with van der Waals surface area (Å²) in [6.07, 6.45) is -0.0375. The van der Waals surface area contributed by atoms with Gasteiger partial charge in [0.1, 0.15) is 11.9 Å². The van der Waals surface area contributed by atoms with E-state index >= 15 is 0 Å². The quantitative estimate of drug-likeness (QED) is 0.797. The fourth-order valence-corrected chi connectivity index (χ4v) is 1.88. The Hall–Kier alpha value is -0.420. The van der Waals surface area contributed by atoms with Crippen molar-refractivity contribution in [1.29, 1.82) is 0 Å². The molecule has 0 bridgehead atoms. The molecule has 1 heterocycles. The highest BCUT2D eigenvalue weighted by Crippen LogP contribution is 2.24. The minimum absolute atomic E-state index is 0.0330. The summed E-state index contributed by atoms with van der Waals surface area (Å²) in [5.41, 5.74) is -0.0330. The maximum atomic E-state index is 5.29. The van der Waals surface area contributed by atoms with Crippen molar-refractivity contribution in [2.75, 3.05) is 7.11 Å². The van der Waals surface area contributed by atoms with Gasteiger partial charge in [-0.25, -0.2) is 0 Å². The molecule has 1 unspecified atom stereocenters. The van der Waals surface area contributed by atoms with Crippen LogP contribution in [0, 0.1) is 0 Å². The van der Waals surface area contributed by atoms with Gasteiger partial charge >= 0.3 is 0 Å². The van der Waals surface area contributed by atoms with E-state index in [4.69, 9.17) is 4.74 Å². The van der Waals surface area contributed by atoms with Crippen LogP contribution in [0.1, 0.15) is 45.4 Å². The lowest BCUT2D eigenvalue weighted by Gasteiger charge is -2.26. The topological polar surface area (TPSA) is 39.9 Å². The molecule has 0 aliphatic rings. The average molecular weight is 276 g/mol. The Morgan fingerprint density at radius 3 is 2.40 bits per heavy atom. The van der Waals surface area contributed by atoms with Crippen LogP contribution in [0.2, 0.25) is 0 Å². The van der Waals surface area contributed by atoms with Crippen LogP contribution in [-0.4, -0.2) is 21.9 Å². The van der Waals surface area contributed by atoms with Crippen molar-refractivity contribution in [3.8, 4) is 0 Å². The van der Waals surface area contributed by atoms with E-state index in [2.05, 4.69) is 51.5 Å². The van der Waals surface area contributed by atoms with Crippen LogP contribution in [0.3, 0.4) is 0 Å². The first-order valence-electron chi connectivity index (χ1n) is 4.95. The molecule has 0 radical (unpaired) electrons. The van der Waals surface area contributed by atoms with E-state index in [-0.39, 0.29) is 11.6 Å². The fraction of sp³-hybridized carbons (Fsp3) is 0.800. The van der Waals surface area contributed by atoms with Crippen molar-refractivity contribution in [2.45, 2.75) is 44.7 Å². The second-order valence-electron chi connectivity index (χ2n) is 4.49. The van der Waals surface area contributed by atoms with Gasteiger partial charge in [-0.1, -0.05) is 15.9 Å². The maximum absolute atomic E-state index is 5.29. The molecule has 0 N–H and O–H groups in total.